The molecule has 0 fully saturated rings. The molecule has 0 aromatic heterocycles. The highest BCUT2D eigenvalue weighted by Crippen LogP contribution is 2.34. The van der Waals surface area contributed by atoms with Crippen molar-refractivity contribution >= 4 is 39.6 Å². The Hall–Kier alpha value is -3.58. The molecule has 26 heavy (non-hydrogen) atoms. The number of fused-ring (bicyclic) bond motifs is 1. The van der Waals surface area contributed by atoms with E-state index < -0.39 is 5.91 Å². The highest BCUT2D eigenvalue weighted by molar-refractivity contribution is 6.12. The van der Waals surface area contributed by atoms with Crippen LogP contribution in [0.15, 0.2) is 54.6 Å². The summed E-state index contributed by atoms with van der Waals surface area (Å²) < 4.78 is 0. The Labute approximate surface area is 149 Å². The zero-order chi connectivity index (χ0) is 18.8. The number of phenols is 1. The van der Waals surface area contributed by atoms with Crippen molar-refractivity contribution in [2.24, 2.45) is 5.84 Å². The SMILES string of the molecule is CC(=O)N(N)c1cccc(NC(=O)c2cc3ccccc3c(N)c2O)c1. The minimum Gasteiger partial charge on any atom is -0.505 e. The van der Waals surface area contributed by atoms with Gasteiger partial charge in [-0.05, 0) is 29.7 Å². The van der Waals surface area contributed by atoms with Crippen molar-refractivity contribution < 1.29 is 14.7 Å². The topological polar surface area (TPSA) is 122 Å². The molecule has 3 aromatic carbocycles. The van der Waals surface area contributed by atoms with Gasteiger partial charge >= 0.3 is 0 Å². The minimum absolute atomic E-state index is 0.0581. The van der Waals surface area contributed by atoms with Crippen LogP contribution in [-0.2, 0) is 4.79 Å². The van der Waals surface area contributed by atoms with Crippen LogP contribution in [-0.4, -0.2) is 16.9 Å². The van der Waals surface area contributed by atoms with Crippen LogP contribution in [0.4, 0.5) is 17.1 Å². The number of nitrogen functional groups attached to an aromatic ring is 1. The number of hydrogen-bond acceptors (Lipinski definition) is 5. The van der Waals surface area contributed by atoms with Gasteiger partial charge in [0.15, 0.2) is 5.75 Å². The smallest absolute Gasteiger partial charge is 0.259 e. The number of amides is 2. The number of nitrogens with one attached hydrogen (secondary N) is 1. The zero-order valence-corrected chi connectivity index (χ0v) is 14.1. The average molecular weight is 350 g/mol. The summed E-state index contributed by atoms with van der Waals surface area (Å²) in [6.45, 7) is 1.33. The summed E-state index contributed by atoms with van der Waals surface area (Å²) in [5.74, 6) is 4.53. The standard InChI is InChI=1S/C19H18N4O3/c1-11(24)23(21)14-7-4-6-13(10-14)22-19(26)16-9-12-5-2-3-8-15(12)17(20)18(16)25/h2-10,25H,20-21H2,1H3,(H,22,26). The van der Waals surface area contributed by atoms with Gasteiger partial charge in [-0.15, -0.1) is 0 Å². The molecule has 0 saturated carbocycles. The maximum atomic E-state index is 12.6. The van der Waals surface area contributed by atoms with Gasteiger partial charge in [-0.3, -0.25) is 9.59 Å². The summed E-state index contributed by atoms with van der Waals surface area (Å²) in [5, 5.41) is 15.4. The molecule has 0 unspecified atom stereocenters. The van der Waals surface area contributed by atoms with Crippen LogP contribution in [0, 0.1) is 0 Å². The predicted octanol–water partition coefficient (Wildman–Crippen LogP) is 2.61. The van der Waals surface area contributed by atoms with Crippen LogP contribution < -0.4 is 21.9 Å². The molecule has 0 atom stereocenters. The number of nitrogens with two attached hydrogens (primary N) is 2. The minimum atomic E-state index is -0.525. The molecule has 132 valence electrons. The summed E-state index contributed by atoms with van der Waals surface area (Å²) >= 11 is 0. The fraction of sp³-hybridized carbons (Fsp3) is 0.0526. The highest BCUT2D eigenvalue weighted by Gasteiger charge is 2.17. The molecule has 0 heterocycles. The summed E-state index contributed by atoms with van der Waals surface area (Å²) in [5.41, 5.74) is 7.01. The molecule has 7 nitrogen and oxygen atoms in total. The van der Waals surface area contributed by atoms with Crippen molar-refractivity contribution in [3.05, 3.63) is 60.2 Å². The van der Waals surface area contributed by atoms with Crippen LogP contribution in [0.3, 0.4) is 0 Å². The van der Waals surface area contributed by atoms with Crippen molar-refractivity contribution in [1.82, 2.24) is 0 Å². The Morgan fingerprint density at radius 2 is 1.81 bits per heavy atom. The number of nitrogens with zero attached hydrogens (tertiary/aromatic N) is 1. The summed E-state index contributed by atoms with van der Waals surface area (Å²) in [6.07, 6.45) is 0. The fourth-order valence-corrected chi connectivity index (χ4v) is 2.65. The van der Waals surface area contributed by atoms with Gasteiger partial charge in [0.1, 0.15) is 0 Å². The molecule has 3 rings (SSSR count). The second-order valence-electron chi connectivity index (χ2n) is 5.80. The first kappa shape index (κ1) is 17.2. The van der Waals surface area contributed by atoms with Crippen LogP contribution in [0.25, 0.3) is 10.8 Å². The first-order valence-corrected chi connectivity index (χ1v) is 7.85. The van der Waals surface area contributed by atoms with Crippen LogP contribution in [0.1, 0.15) is 17.3 Å². The van der Waals surface area contributed by atoms with Gasteiger partial charge in [0.05, 0.1) is 16.9 Å². The number of rotatable bonds is 3. The van der Waals surface area contributed by atoms with E-state index in [1.54, 1.807) is 42.5 Å². The van der Waals surface area contributed by atoms with Gasteiger partial charge in [0, 0.05) is 18.0 Å². The number of carbonyl (C=O) groups is 2. The third-order valence-electron chi connectivity index (χ3n) is 4.03. The maximum Gasteiger partial charge on any atom is 0.259 e. The predicted molar refractivity (Wildman–Crippen MR) is 102 cm³/mol. The molecule has 7 heteroatoms. The van der Waals surface area contributed by atoms with Gasteiger partial charge in [-0.2, -0.15) is 0 Å². The van der Waals surface area contributed by atoms with Gasteiger partial charge in [-0.1, -0.05) is 30.3 Å². The Morgan fingerprint density at radius 3 is 2.54 bits per heavy atom. The number of anilines is 3. The molecule has 2 amide bonds. The normalized spacial score (nSPS) is 10.5. The second kappa shape index (κ2) is 6.73. The fourth-order valence-electron chi connectivity index (χ4n) is 2.65. The highest BCUT2D eigenvalue weighted by atomic mass is 16.3. The number of hydrogen-bond donors (Lipinski definition) is 4. The molecule has 0 spiro atoms. The van der Waals surface area contributed by atoms with E-state index in [0.717, 1.165) is 10.4 Å². The number of hydrazine groups is 1. The van der Waals surface area contributed by atoms with Crippen LogP contribution in [0.5, 0.6) is 5.75 Å². The summed E-state index contributed by atoms with van der Waals surface area (Å²) in [7, 11) is 0. The molecule has 3 aromatic rings. The lowest BCUT2D eigenvalue weighted by atomic mass is 10.0. The van der Waals surface area contributed by atoms with E-state index in [1.807, 2.05) is 12.1 Å². The van der Waals surface area contributed by atoms with Crippen LogP contribution in [0.2, 0.25) is 0 Å². The quantitative estimate of drug-likeness (QED) is 0.190. The molecule has 0 radical (unpaired) electrons. The third kappa shape index (κ3) is 3.15. The molecular weight excluding hydrogens is 332 g/mol. The summed E-state index contributed by atoms with van der Waals surface area (Å²) in [6, 6.07) is 15.3. The average Bonchev–Trinajstić information content (AvgIpc) is 2.64. The number of aromatic hydroxyl groups is 1. The van der Waals surface area contributed by atoms with Crippen molar-refractivity contribution in [2.75, 3.05) is 16.1 Å². The van der Waals surface area contributed by atoms with E-state index in [9.17, 15) is 14.7 Å². The molecule has 0 aliphatic heterocycles. The van der Waals surface area contributed by atoms with Crippen LogP contribution >= 0.6 is 0 Å². The third-order valence-corrected chi connectivity index (χ3v) is 4.03. The van der Waals surface area contributed by atoms with E-state index in [1.165, 1.54) is 6.92 Å². The number of benzene rings is 3. The van der Waals surface area contributed by atoms with E-state index in [0.29, 0.717) is 16.8 Å². The lowest BCUT2D eigenvalue weighted by molar-refractivity contribution is -0.116. The largest absolute Gasteiger partial charge is 0.505 e. The first-order valence-electron chi connectivity index (χ1n) is 7.85. The Morgan fingerprint density at radius 1 is 1.08 bits per heavy atom. The van der Waals surface area contributed by atoms with Crippen molar-refractivity contribution in [1.29, 1.82) is 0 Å². The van der Waals surface area contributed by atoms with Gasteiger partial charge < -0.3 is 16.2 Å². The van der Waals surface area contributed by atoms with Gasteiger partial charge in [0.25, 0.3) is 5.91 Å². The number of phenolic OH excluding ortho intramolecular Hbond substituents is 1. The van der Waals surface area contributed by atoms with E-state index in [4.69, 9.17) is 11.6 Å². The van der Waals surface area contributed by atoms with E-state index in [-0.39, 0.29) is 22.9 Å². The lowest BCUT2D eigenvalue weighted by Crippen LogP contribution is -2.35. The first-order chi connectivity index (χ1) is 12.4. The lowest BCUT2D eigenvalue weighted by Gasteiger charge is -2.16. The molecule has 0 saturated heterocycles. The monoisotopic (exact) mass is 350 g/mol. The van der Waals surface area contributed by atoms with Crippen molar-refractivity contribution in [3.63, 3.8) is 0 Å². The summed E-state index contributed by atoms with van der Waals surface area (Å²) in [4.78, 5) is 24.0. The van der Waals surface area contributed by atoms with Gasteiger partial charge in [-0.25, -0.2) is 10.9 Å². The van der Waals surface area contributed by atoms with Crippen molar-refractivity contribution in [2.45, 2.75) is 6.92 Å². The van der Waals surface area contributed by atoms with E-state index >= 15 is 0 Å². The number of carbonyl (C=O) groups excluding carboxylic acids is 2. The Balaban J connectivity index is 1.94. The molecule has 0 aliphatic carbocycles. The molecule has 0 bridgehead atoms. The molecular formula is C19H18N4O3. The van der Waals surface area contributed by atoms with Gasteiger partial charge in [0.2, 0.25) is 5.91 Å². The Bertz CT molecular complexity index is 1020. The maximum absolute atomic E-state index is 12.6. The Kier molecular flexibility index (Phi) is 4.47. The molecule has 0 aliphatic rings. The van der Waals surface area contributed by atoms with Crippen molar-refractivity contribution in [3.8, 4) is 5.75 Å². The zero-order valence-electron chi connectivity index (χ0n) is 14.1. The second-order valence-corrected chi connectivity index (χ2v) is 5.80. The molecule has 6 N–H and O–H groups in total. The van der Waals surface area contributed by atoms with E-state index in [2.05, 4.69) is 5.32 Å².